The zero-order valence-corrected chi connectivity index (χ0v) is 11.2. The van der Waals surface area contributed by atoms with Crippen molar-refractivity contribution in [3.05, 3.63) is 35.9 Å². The number of carbonyl (C=O) groups is 1. The molecule has 2 nitrogen and oxygen atoms in total. The first-order valence-electron chi connectivity index (χ1n) is 6.98. The number of hydrogen-bond donors (Lipinski definition) is 1. The van der Waals surface area contributed by atoms with E-state index in [2.05, 4.69) is 0 Å². The summed E-state index contributed by atoms with van der Waals surface area (Å²) in [7, 11) is 0. The molecule has 98 valence electrons. The van der Waals surface area contributed by atoms with Gasteiger partial charge >= 0.3 is 0 Å². The van der Waals surface area contributed by atoms with Gasteiger partial charge in [-0.15, -0.1) is 0 Å². The third-order valence-electron chi connectivity index (χ3n) is 4.15. The van der Waals surface area contributed by atoms with Gasteiger partial charge in [0.05, 0.1) is 5.54 Å². The van der Waals surface area contributed by atoms with Crippen molar-refractivity contribution in [3.63, 3.8) is 0 Å². The molecule has 0 aliphatic heterocycles. The minimum absolute atomic E-state index is 0.181. The van der Waals surface area contributed by atoms with E-state index in [1.807, 2.05) is 37.3 Å². The Hall–Kier alpha value is -1.15. The predicted octanol–water partition coefficient (Wildman–Crippen LogP) is 3.40. The predicted molar refractivity (Wildman–Crippen MR) is 74.2 cm³/mol. The van der Waals surface area contributed by atoms with E-state index in [1.54, 1.807) is 0 Å². The summed E-state index contributed by atoms with van der Waals surface area (Å²) < 4.78 is 0. The van der Waals surface area contributed by atoms with E-state index in [9.17, 15) is 4.79 Å². The molecule has 0 amide bonds. The van der Waals surface area contributed by atoms with E-state index in [0.717, 1.165) is 5.56 Å². The van der Waals surface area contributed by atoms with E-state index in [4.69, 9.17) is 5.73 Å². The van der Waals surface area contributed by atoms with Crippen molar-refractivity contribution in [1.29, 1.82) is 0 Å². The Kier molecular flexibility index (Phi) is 4.18. The van der Waals surface area contributed by atoms with Crippen LogP contribution in [0, 0.1) is 5.92 Å². The van der Waals surface area contributed by atoms with Crippen molar-refractivity contribution >= 4 is 5.78 Å². The highest BCUT2D eigenvalue weighted by molar-refractivity contribution is 5.89. The Labute approximate surface area is 110 Å². The Balaban J connectivity index is 2.03. The topological polar surface area (TPSA) is 43.1 Å². The highest BCUT2D eigenvalue weighted by Gasteiger charge is 2.31. The molecule has 1 aliphatic rings. The fraction of sp³-hybridized carbons (Fsp3) is 0.562. The maximum Gasteiger partial charge on any atom is 0.157 e. The van der Waals surface area contributed by atoms with Crippen LogP contribution in [0.1, 0.15) is 51.0 Å². The highest BCUT2D eigenvalue weighted by Crippen LogP contribution is 2.30. The number of hydrogen-bond acceptors (Lipinski definition) is 2. The summed E-state index contributed by atoms with van der Waals surface area (Å²) in [6, 6.07) is 9.71. The lowest BCUT2D eigenvalue weighted by Gasteiger charge is -2.28. The fourth-order valence-corrected chi connectivity index (χ4v) is 2.81. The SMILES string of the molecule is CC(N)(C(=O)CC1CCCCC1)c1ccccc1. The molecule has 2 rings (SSSR count). The van der Waals surface area contributed by atoms with Crippen LogP contribution in [0.25, 0.3) is 0 Å². The number of carbonyl (C=O) groups excluding carboxylic acids is 1. The van der Waals surface area contributed by atoms with Crippen LogP contribution < -0.4 is 5.73 Å². The molecule has 0 spiro atoms. The monoisotopic (exact) mass is 245 g/mol. The van der Waals surface area contributed by atoms with Crippen molar-refractivity contribution < 1.29 is 4.79 Å². The molecule has 2 N–H and O–H groups in total. The normalized spacial score (nSPS) is 20.3. The number of Topliss-reactive ketones (excluding diaryl/α,β-unsaturated/α-hetero) is 1. The first kappa shape index (κ1) is 13.3. The average molecular weight is 245 g/mol. The van der Waals surface area contributed by atoms with Gasteiger partial charge in [0.2, 0.25) is 0 Å². The molecule has 1 saturated carbocycles. The molecule has 1 aliphatic carbocycles. The van der Waals surface area contributed by atoms with Gasteiger partial charge in [-0.1, -0.05) is 62.4 Å². The third-order valence-corrected chi connectivity index (χ3v) is 4.15. The molecule has 0 heterocycles. The summed E-state index contributed by atoms with van der Waals surface area (Å²) in [6.07, 6.45) is 6.88. The molecular formula is C16H23NO. The van der Waals surface area contributed by atoms with E-state index in [1.165, 1.54) is 32.1 Å². The lowest BCUT2D eigenvalue weighted by Crippen LogP contribution is -2.42. The Morgan fingerprint density at radius 3 is 2.44 bits per heavy atom. The van der Waals surface area contributed by atoms with Crippen LogP contribution in [0.15, 0.2) is 30.3 Å². The van der Waals surface area contributed by atoms with Gasteiger partial charge in [-0.2, -0.15) is 0 Å². The van der Waals surface area contributed by atoms with Crippen LogP contribution in [-0.4, -0.2) is 5.78 Å². The van der Waals surface area contributed by atoms with Gasteiger partial charge in [-0.25, -0.2) is 0 Å². The Morgan fingerprint density at radius 1 is 1.22 bits per heavy atom. The van der Waals surface area contributed by atoms with Crippen molar-refractivity contribution in [2.24, 2.45) is 11.7 Å². The first-order chi connectivity index (χ1) is 8.60. The second-order valence-corrected chi connectivity index (χ2v) is 5.70. The summed E-state index contributed by atoms with van der Waals surface area (Å²) in [5.41, 5.74) is 6.34. The Morgan fingerprint density at radius 2 is 1.83 bits per heavy atom. The summed E-state index contributed by atoms with van der Waals surface area (Å²) in [5, 5.41) is 0. The largest absolute Gasteiger partial charge is 0.315 e. The maximum absolute atomic E-state index is 12.4. The van der Waals surface area contributed by atoms with Gasteiger partial charge in [-0.05, 0) is 18.4 Å². The molecule has 1 fully saturated rings. The standard InChI is InChI=1S/C16H23NO/c1-16(17,14-10-6-3-7-11-14)15(18)12-13-8-4-2-5-9-13/h3,6-7,10-11,13H,2,4-5,8-9,12,17H2,1H3. The summed E-state index contributed by atoms with van der Waals surface area (Å²) in [5.74, 6) is 0.735. The molecule has 0 aromatic heterocycles. The van der Waals surface area contributed by atoms with E-state index in [-0.39, 0.29) is 5.78 Å². The Bertz CT molecular complexity index is 391. The highest BCUT2D eigenvalue weighted by atomic mass is 16.1. The van der Waals surface area contributed by atoms with Crippen LogP contribution in [0.2, 0.25) is 0 Å². The van der Waals surface area contributed by atoms with Crippen molar-refractivity contribution in [3.8, 4) is 0 Å². The second-order valence-electron chi connectivity index (χ2n) is 5.70. The van der Waals surface area contributed by atoms with Gasteiger partial charge in [0.15, 0.2) is 5.78 Å². The quantitative estimate of drug-likeness (QED) is 0.883. The molecule has 2 heteroatoms. The second kappa shape index (κ2) is 5.66. The smallest absolute Gasteiger partial charge is 0.157 e. The number of ketones is 1. The number of nitrogens with two attached hydrogens (primary N) is 1. The van der Waals surface area contributed by atoms with Crippen molar-refractivity contribution in [2.75, 3.05) is 0 Å². The van der Waals surface area contributed by atoms with Gasteiger partial charge in [0.25, 0.3) is 0 Å². The zero-order valence-electron chi connectivity index (χ0n) is 11.2. The van der Waals surface area contributed by atoms with Gasteiger partial charge in [-0.3, -0.25) is 4.79 Å². The average Bonchev–Trinajstić information content (AvgIpc) is 2.41. The van der Waals surface area contributed by atoms with Gasteiger partial charge in [0.1, 0.15) is 0 Å². The third kappa shape index (κ3) is 2.99. The van der Waals surface area contributed by atoms with E-state index >= 15 is 0 Å². The van der Waals surface area contributed by atoms with Crippen molar-refractivity contribution in [2.45, 2.75) is 51.0 Å². The van der Waals surface area contributed by atoms with Crippen LogP contribution in [0.5, 0.6) is 0 Å². The minimum Gasteiger partial charge on any atom is -0.315 e. The molecular weight excluding hydrogens is 222 g/mol. The van der Waals surface area contributed by atoms with Crippen LogP contribution in [0.4, 0.5) is 0 Å². The molecule has 1 unspecified atom stereocenters. The molecule has 18 heavy (non-hydrogen) atoms. The molecule has 0 saturated heterocycles. The summed E-state index contributed by atoms with van der Waals surface area (Å²) in [4.78, 5) is 12.4. The number of benzene rings is 1. The number of rotatable bonds is 4. The fourth-order valence-electron chi connectivity index (χ4n) is 2.81. The zero-order chi connectivity index (χ0) is 13.0. The lowest BCUT2D eigenvalue weighted by atomic mass is 9.79. The molecule has 1 atom stereocenters. The molecule has 0 bridgehead atoms. The summed E-state index contributed by atoms with van der Waals surface area (Å²) in [6.45, 7) is 1.84. The van der Waals surface area contributed by atoms with Crippen molar-refractivity contribution in [1.82, 2.24) is 0 Å². The molecule has 0 radical (unpaired) electrons. The molecule has 1 aromatic carbocycles. The molecule has 1 aromatic rings. The summed E-state index contributed by atoms with van der Waals surface area (Å²) >= 11 is 0. The van der Waals surface area contributed by atoms with Gasteiger partial charge < -0.3 is 5.73 Å². The minimum atomic E-state index is -0.835. The van der Waals surface area contributed by atoms with Crippen LogP contribution in [0.3, 0.4) is 0 Å². The first-order valence-corrected chi connectivity index (χ1v) is 6.98. The maximum atomic E-state index is 12.4. The van der Waals surface area contributed by atoms with E-state index in [0.29, 0.717) is 12.3 Å². The van der Waals surface area contributed by atoms with Crippen LogP contribution in [-0.2, 0) is 10.3 Å². The van der Waals surface area contributed by atoms with E-state index < -0.39 is 5.54 Å². The van der Waals surface area contributed by atoms with Gasteiger partial charge in [0, 0.05) is 6.42 Å². The van der Waals surface area contributed by atoms with Crippen LogP contribution >= 0.6 is 0 Å². The lowest BCUT2D eigenvalue weighted by molar-refractivity contribution is -0.125.